The van der Waals surface area contributed by atoms with Gasteiger partial charge in [0.1, 0.15) is 12.4 Å². The van der Waals surface area contributed by atoms with Crippen molar-refractivity contribution in [1.82, 2.24) is 0 Å². The van der Waals surface area contributed by atoms with Gasteiger partial charge < -0.3 is 9.84 Å². The number of ether oxygens (including phenoxy) is 1. The highest BCUT2D eigenvalue weighted by Gasteiger charge is 2.10. The first-order chi connectivity index (χ1) is 9.56. The van der Waals surface area contributed by atoms with E-state index in [2.05, 4.69) is 5.32 Å². The van der Waals surface area contributed by atoms with Crippen LogP contribution in [0.1, 0.15) is 16.7 Å². The molecule has 0 saturated carbocycles. The molecular formula is C16H17NO3. The van der Waals surface area contributed by atoms with Crippen molar-refractivity contribution >= 4 is 11.8 Å². The number of hydrogen-bond acceptors (Lipinski definition) is 3. The Hall–Kier alpha value is -2.49. The third-order valence-corrected chi connectivity index (χ3v) is 2.89. The van der Waals surface area contributed by atoms with Gasteiger partial charge in [-0.2, -0.15) is 0 Å². The highest BCUT2D eigenvalue weighted by Crippen LogP contribution is 2.28. The lowest BCUT2D eigenvalue weighted by Crippen LogP contribution is -2.14. The molecule has 20 heavy (non-hydrogen) atoms. The molecule has 4 nitrogen and oxygen atoms in total. The fourth-order valence-electron chi connectivity index (χ4n) is 1.92. The predicted octanol–water partition coefficient (Wildman–Crippen LogP) is 3.76. The largest absolute Gasteiger partial charge is 0.505 e. The minimum Gasteiger partial charge on any atom is -0.505 e. The van der Waals surface area contributed by atoms with E-state index in [4.69, 9.17) is 4.74 Å². The van der Waals surface area contributed by atoms with Crippen molar-refractivity contribution in [2.45, 2.75) is 20.5 Å². The van der Waals surface area contributed by atoms with Crippen molar-refractivity contribution < 1.29 is 14.6 Å². The smallest absolute Gasteiger partial charge is 0.412 e. The number of anilines is 1. The Morgan fingerprint density at radius 3 is 2.60 bits per heavy atom. The quantitative estimate of drug-likeness (QED) is 0.836. The molecule has 2 aromatic rings. The molecule has 104 valence electrons. The van der Waals surface area contributed by atoms with Gasteiger partial charge >= 0.3 is 6.09 Å². The zero-order valence-electron chi connectivity index (χ0n) is 11.5. The van der Waals surface area contributed by atoms with Crippen molar-refractivity contribution in [2.24, 2.45) is 0 Å². The topological polar surface area (TPSA) is 58.6 Å². The number of carbonyl (C=O) groups excluding carboxylic acids is 1. The number of hydrogen-bond donors (Lipinski definition) is 2. The van der Waals surface area contributed by atoms with E-state index in [1.54, 1.807) is 13.0 Å². The number of phenols is 1. The second-order valence-electron chi connectivity index (χ2n) is 4.66. The number of rotatable bonds is 3. The minimum atomic E-state index is -0.589. The second-order valence-corrected chi connectivity index (χ2v) is 4.66. The molecule has 0 aromatic heterocycles. The SMILES string of the molecule is Cc1cc(C)c(O)c(NC(=O)OCc2ccccc2)c1. The molecule has 0 aliphatic carbocycles. The van der Waals surface area contributed by atoms with Crippen LogP contribution in [0, 0.1) is 13.8 Å². The summed E-state index contributed by atoms with van der Waals surface area (Å²) < 4.78 is 5.11. The Bertz CT molecular complexity index is 609. The highest BCUT2D eigenvalue weighted by atomic mass is 16.5. The molecule has 1 amide bonds. The predicted molar refractivity (Wildman–Crippen MR) is 77.8 cm³/mol. The van der Waals surface area contributed by atoms with Crippen LogP contribution in [0.15, 0.2) is 42.5 Å². The monoisotopic (exact) mass is 271 g/mol. The average molecular weight is 271 g/mol. The van der Waals surface area contributed by atoms with Gasteiger partial charge in [-0.1, -0.05) is 36.4 Å². The molecule has 2 N–H and O–H groups in total. The van der Waals surface area contributed by atoms with Crippen molar-refractivity contribution in [1.29, 1.82) is 0 Å². The minimum absolute atomic E-state index is 0.0623. The Labute approximate surface area is 118 Å². The molecule has 2 aromatic carbocycles. The van der Waals surface area contributed by atoms with Gasteiger partial charge in [0.05, 0.1) is 5.69 Å². The van der Waals surface area contributed by atoms with Gasteiger partial charge in [-0.3, -0.25) is 5.32 Å². The molecule has 0 aliphatic rings. The summed E-state index contributed by atoms with van der Waals surface area (Å²) in [6.45, 7) is 3.87. The van der Waals surface area contributed by atoms with Gasteiger partial charge in [-0.05, 0) is 36.6 Å². The van der Waals surface area contributed by atoms with Gasteiger partial charge in [0.2, 0.25) is 0 Å². The molecule has 0 bridgehead atoms. The molecule has 2 rings (SSSR count). The fourth-order valence-corrected chi connectivity index (χ4v) is 1.92. The molecule has 0 unspecified atom stereocenters. The second kappa shape index (κ2) is 6.10. The Kier molecular flexibility index (Phi) is 4.25. The zero-order valence-corrected chi connectivity index (χ0v) is 11.5. The van der Waals surface area contributed by atoms with Gasteiger partial charge in [0, 0.05) is 0 Å². The van der Waals surface area contributed by atoms with E-state index in [1.807, 2.05) is 43.3 Å². The summed E-state index contributed by atoms with van der Waals surface area (Å²) in [5.41, 5.74) is 2.94. The van der Waals surface area contributed by atoms with Gasteiger partial charge in [0.15, 0.2) is 0 Å². The summed E-state index contributed by atoms with van der Waals surface area (Å²) >= 11 is 0. The van der Waals surface area contributed by atoms with Crippen molar-refractivity contribution in [2.75, 3.05) is 5.32 Å². The van der Waals surface area contributed by atoms with E-state index in [1.165, 1.54) is 0 Å². The molecular weight excluding hydrogens is 254 g/mol. The first-order valence-electron chi connectivity index (χ1n) is 6.34. The molecule has 0 atom stereocenters. The summed E-state index contributed by atoms with van der Waals surface area (Å²) in [7, 11) is 0. The zero-order chi connectivity index (χ0) is 14.5. The van der Waals surface area contributed by atoms with E-state index in [-0.39, 0.29) is 12.4 Å². The van der Waals surface area contributed by atoms with Crippen LogP contribution in [0.5, 0.6) is 5.75 Å². The Morgan fingerprint density at radius 2 is 1.90 bits per heavy atom. The first-order valence-corrected chi connectivity index (χ1v) is 6.34. The molecule has 0 fully saturated rings. The van der Waals surface area contributed by atoms with Crippen LogP contribution in [0.3, 0.4) is 0 Å². The van der Waals surface area contributed by atoms with Crippen LogP contribution in [-0.2, 0) is 11.3 Å². The maximum Gasteiger partial charge on any atom is 0.412 e. The fraction of sp³-hybridized carbons (Fsp3) is 0.188. The Balaban J connectivity index is 1.98. The third kappa shape index (κ3) is 3.51. The number of benzene rings is 2. The van der Waals surface area contributed by atoms with Crippen molar-refractivity contribution in [3.63, 3.8) is 0 Å². The van der Waals surface area contributed by atoms with Crippen molar-refractivity contribution in [3.05, 3.63) is 59.2 Å². The molecule has 0 spiro atoms. The van der Waals surface area contributed by atoms with Crippen LogP contribution in [0.25, 0.3) is 0 Å². The highest BCUT2D eigenvalue weighted by molar-refractivity contribution is 5.87. The number of nitrogens with one attached hydrogen (secondary N) is 1. The summed E-state index contributed by atoms with van der Waals surface area (Å²) in [4.78, 5) is 11.7. The van der Waals surface area contributed by atoms with Crippen LogP contribution in [0.4, 0.5) is 10.5 Å². The summed E-state index contributed by atoms with van der Waals surface area (Å²) in [6.07, 6.45) is -0.589. The van der Waals surface area contributed by atoms with Crippen LogP contribution in [0.2, 0.25) is 0 Å². The molecule has 0 radical (unpaired) electrons. The maximum atomic E-state index is 11.7. The molecule has 0 heterocycles. The van der Waals surface area contributed by atoms with Crippen LogP contribution >= 0.6 is 0 Å². The summed E-state index contributed by atoms with van der Waals surface area (Å²) in [5, 5.41) is 12.4. The number of amides is 1. The van der Waals surface area contributed by atoms with E-state index in [0.29, 0.717) is 11.3 Å². The van der Waals surface area contributed by atoms with E-state index < -0.39 is 6.09 Å². The van der Waals surface area contributed by atoms with Gasteiger partial charge in [-0.25, -0.2) is 4.79 Å². The lowest BCUT2D eigenvalue weighted by Gasteiger charge is -2.11. The van der Waals surface area contributed by atoms with Crippen LogP contribution in [-0.4, -0.2) is 11.2 Å². The standard InChI is InChI=1S/C16H17NO3/c1-11-8-12(2)15(18)14(9-11)17-16(19)20-10-13-6-4-3-5-7-13/h3-9,18H,10H2,1-2H3,(H,17,19). The molecule has 4 heteroatoms. The van der Waals surface area contributed by atoms with Gasteiger partial charge in [0.25, 0.3) is 0 Å². The maximum absolute atomic E-state index is 11.7. The third-order valence-electron chi connectivity index (χ3n) is 2.89. The number of aromatic hydroxyl groups is 1. The first kappa shape index (κ1) is 13.9. The van der Waals surface area contributed by atoms with Crippen molar-refractivity contribution in [3.8, 4) is 5.75 Å². The van der Waals surface area contributed by atoms with E-state index >= 15 is 0 Å². The average Bonchev–Trinajstić information content (AvgIpc) is 2.43. The molecule has 0 aliphatic heterocycles. The van der Waals surface area contributed by atoms with Gasteiger partial charge in [-0.15, -0.1) is 0 Å². The lowest BCUT2D eigenvalue weighted by molar-refractivity contribution is 0.155. The van der Waals surface area contributed by atoms with Crippen LogP contribution < -0.4 is 5.32 Å². The summed E-state index contributed by atoms with van der Waals surface area (Å²) in [6, 6.07) is 13.0. The number of carbonyl (C=O) groups is 1. The van der Waals surface area contributed by atoms with E-state index in [0.717, 1.165) is 11.1 Å². The normalized spacial score (nSPS) is 10.1. The Morgan fingerprint density at radius 1 is 1.20 bits per heavy atom. The summed E-state index contributed by atoms with van der Waals surface area (Å²) in [5.74, 6) is 0.0623. The number of aryl methyl sites for hydroxylation is 2. The molecule has 0 saturated heterocycles. The number of phenolic OH excluding ortho intramolecular Hbond substituents is 1. The lowest BCUT2D eigenvalue weighted by atomic mass is 10.1. The van der Waals surface area contributed by atoms with E-state index in [9.17, 15) is 9.90 Å².